The summed E-state index contributed by atoms with van der Waals surface area (Å²) < 4.78 is 103. The van der Waals surface area contributed by atoms with Crippen LogP contribution in [0.2, 0.25) is 0 Å². The molecule has 0 aliphatic heterocycles. The minimum atomic E-state index is -4.35. The Labute approximate surface area is 207 Å². The Hall–Kier alpha value is -4.19. The highest BCUT2D eigenvalue weighted by Gasteiger charge is 2.21. The van der Waals surface area contributed by atoms with E-state index < -0.39 is 44.0 Å². The van der Waals surface area contributed by atoms with E-state index in [9.17, 15) is 30.4 Å². The molecule has 2 heterocycles. The highest BCUT2D eigenvalue weighted by molar-refractivity contribution is 7.92. The maximum atomic E-state index is 14.5. The smallest absolute Gasteiger partial charge is 0.263 e. The van der Waals surface area contributed by atoms with E-state index in [4.69, 9.17) is 4.52 Å². The Morgan fingerprint density at radius 3 is 2.30 bits per heavy atom. The number of benzene rings is 3. The first-order valence-electron chi connectivity index (χ1n) is 10.7. The molecule has 0 unspecified atom stereocenters. The zero-order chi connectivity index (χ0) is 26.5. The van der Waals surface area contributed by atoms with Gasteiger partial charge in [0.05, 0.1) is 10.4 Å². The predicted molar refractivity (Wildman–Crippen MR) is 125 cm³/mol. The molecule has 37 heavy (non-hydrogen) atoms. The molecule has 5 rings (SSSR count). The van der Waals surface area contributed by atoms with Crippen molar-refractivity contribution in [3.63, 3.8) is 0 Å². The average molecular weight is 533 g/mol. The number of hydrogen-bond donors (Lipinski definition) is 1. The molecule has 5 aromatic rings. The Balaban J connectivity index is 1.54. The van der Waals surface area contributed by atoms with E-state index >= 15 is 0 Å². The molecular formula is C25H16F5N3O3S. The number of rotatable bonds is 6. The van der Waals surface area contributed by atoms with Crippen LogP contribution in [0.4, 0.5) is 27.8 Å². The predicted octanol–water partition coefficient (Wildman–Crippen LogP) is 6.15. The number of fused-ring (bicyclic) bond motifs is 1. The van der Waals surface area contributed by atoms with Crippen LogP contribution in [0.1, 0.15) is 11.1 Å². The van der Waals surface area contributed by atoms with Crippen LogP contribution < -0.4 is 4.72 Å². The van der Waals surface area contributed by atoms with Gasteiger partial charge in [-0.05, 0) is 60.5 Å². The molecule has 0 fully saturated rings. The molecule has 6 nitrogen and oxygen atoms in total. The average Bonchev–Trinajstić information content (AvgIpc) is 3.41. The summed E-state index contributed by atoms with van der Waals surface area (Å²) in [5, 5.41) is 4.18. The minimum Gasteiger partial charge on any atom is -0.354 e. The number of anilines is 1. The third-order valence-corrected chi connectivity index (χ3v) is 7.04. The van der Waals surface area contributed by atoms with Gasteiger partial charge in [0.2, 0.25) is 0 Å². The number of hydrogen-bond acceptors (Lipinski definition) is 4. The van der Waals surface area contributed by atoms with Crippen LogP contribution in [0, 0.1) is 36.0 Å². The Morgan fingerprint density at radius 1 is 0.892 bits per heavy atom. The second-order valence-electron chi connectivity index (χ2n) is 8.30. The Morgan fingerprint density at radius 2 is 1.59 bits per heavy atom. The van der Waals surface area contributed by atoms with Crippen LogP contribution in [0.25, 0.3) is 22.2 Å². The standard InChI is InChI=1S/C25H16F5N3O3S/c1-13-11-33(12-14-2-4-19(27)21(29)6-14)25-17(13)7-15(26)8-18(25)23-10-24(31-36-23)32-37(34,35)16-3-5-20(28)22(30)9-16/h2-11H,12H2,1H3,(H,31,32). The van der Waals surface area contributed by atoms with Crippen LogP contribution in [0.15, 0.2) is 70.2 Å². The van der Waals surface area contributed by atoms with Crippen LogP contribution in [0.3, 0.4) is 0 Å². The first-order chi connectivity index (χ1) is 17.5. The summed E-state index contributed by atoms with van der Waals surface area (Å²) in [6, 6.07) is 9.22. The van der Waals surface area contributed by atoms with Crippen molar-refractivity contribution in [3.05, 3.63) is 101 Å². The van der Waals surface area contributed by atoms with Gasteiger partial charge in [-0.15, -0.1) is 0 Å². The molecule has 0 spiro atoms. The molecule has 0 bridgehead atoms. The van der Waals surface area contributed by atoms with E-state index in [2.05, 4.69) is 9.88 Å². The number of aromatic nitrogens is 2. The fourth-order valence-corrected chi connectivity index (χ4v) is 5.01. The summed E-state index contributed by atoms with van der Waals surface area (Å²) in [6.07, 6.45) is 1.71. The molecule has 0 saturated carbocycles. The van der Waals surface area contributed by atoms with Gasteiger partial charge in [0.25, 0.3) is 10.0 Å². The van der Waals surface area contributed by atoms with Crippen molar-refractivity contribution in [3.8, 4) is 11.3 Å². The van der Waals surface area contributed by atoms with Crippen molar-refractivity contribution in [1.29, 1.82) is 0 Å². The maximum Gasteiger partial charge on any atom is 0.263 e. The van der Waals surface area contributed by atoms with Gasteiger partial charge in [0.1, 0.15) is 5.82 Å². The zero-order valence-corrected chi connectivity index (χ0v) is 19.7. The maximum absolute atomic E-state index is 14.5. The third-order valence-electron chi connectivity index (χ3n) is 5.69. The second kappa shape index (κ2) is 9.04. The number of sulfonamides is 1. The van der Waals surface area contributed by atoms with Crippen LogP contribution in [0.5, 0.6) is 0 Å². The molecule has 0 atom stereocenters. The van der Waals surface area contributed by atoms with Crippen molar-refractivity contribution in [2.45, 2.75) is 18.4 Å². The van der Waals surface area contributed by atoms with Gasteiger partial charge in [-0.2, -0.15) is 0 Å². The summed E-state index contributed by atoms with van der Waals surface area (Å²) in [7, 11) is -4.35. The van der Waals surface area contributed by atoms with Crippen molar-refractivity contribution in [2.24, 2.45) is 0 Å². The largest absolute Gasteiger partial charge is 0.354 e. The molecule has 0 amide bonds. The summed E-state index contributed by atoms with van der Waals surface area (Å²) in [5.74, 6) is -5.44. The second-order valence-corrected chi connectivity index (χ2v) is 9.98. The molecule has 0 radical (unpaired) electrons. The van der Waals surface area contributed by atoms with E-state index in [1.807, 2.05) is 0 Å². The van der Waals surface area contributed by atoms with E-state index in [0.29, 0.717) is 34.2 Å². The SMILES string of the molecule is Cc1cn(Cc2ccc(F)c(F)c2)c2c(-c3cc(NS(=O)(=O)c4ccc(F)c(F)c4)no3)cc(F)cc12. The zero-order valence-electron chi connectivity index (χ0n) is 18.9. The lowest BCUT2D eigenvalue weighted by atomic mass is 10.1. The van der Waals surface area contributed by atoms with Crippen molar-refractivity contribution in [1.82, 2.24) is 9.72 Å². The number of nitrogens with one attached hydrogen (secondary N) is 1. The first-order valence-corrected chi connectivity index (χ1v) is 12.2. The molecule has 2 aromatic heterocycles. The summed E-state index contributed by atoms with van der Waals surface area (Å²) in [6.45, 7) is 1.86. The molecule has 12 heteroatoms. The van der Waals surface area contributed by atoms with E-state index in [1.165, 1.54) is 18.2 Å². The summed E-state index contributed by atoms with van der Waals surface area (Å²) in [5.41, 5.74) is 1.84. The van der Waals surface area contributed by atoms with E-state index in [1.54, 1.807) is 17.7 Å². The lowest BCUT2D eigenvalue weighted by molar-refractivity contribution is 0.435. The quantitative estimate of drug-likeness (QED) is 0.266. The number of halogens is 5. The van der Waals surface area contributed by atoms with Crippen LogP contribution >= 0.6 is 0 Å². The van der Waals surface area contributed by atoms with E-state index in [-0.39, 0.29) is 23.7 Å². The van der Waals surface area contributed by atoms with Crippen molar-refractivity contribution in [2.75, 3.05) is 4.72 Å². The lowest BCUT2D eigenvalue weighted by Crippen LogP contribution is -2.13. The minimum absolute atomic E-state index is 0.00266. The van der Waals surface area contributed by atoms with Crippen molar-refractivity contribution < 1.29 is 34.9 Å². The fourth-order valence-electron chi connectivity index (χ4n) is 4.02. The molecule has 3 aromatic carbocycles. The van der Waals surface area contributed by atoms with Gasteiger partial charge in [-0.25, -0.2) is 30.4 Å². The lowest BCUT2D eigenvalue weighted by Gasteiger charge is -2.09. The van der Waals surface area contributed by atoms with Gasteiger partial charge < -0.3 is 9.09 Å². The molecule has 0 aliphatic rings. The number of nitrogens with zero attached hydrogens (tertiary/aromatic N) is 2. The normalized spacial score (nSPS) is 11.8. The highest BCUT2D eigenvalue weighted by atomic mass is 32.2. The topological polar surface area (TPSA) is 77.1 Å². The Bertz CT molecular complexity index is 1780. The highest BCUT2D eigenvalue weighted by Crippen LogP contribution is 2.35. The Kier molecular flexibility index (Phi) is 5.98. The summed E-state index contributed by atoms with van der Waals surface area (Å²) >= 11 is 0. The van der Waals surface area contributed by atoms with Gasteiger partial charge in [0.15, 0.2) is 34.8 Å². The van der Waals surface area contributed by atoms with Crippen molar-refractivity contribution >= 4 is 26.7 Å². The monoisotopic (exact) mass is 533 g/mol. The molecular weight excluding hydrogens is 517 g/mol. The first kappa shape index (κ1) is 24.5. The molecule has 0 saturated heterocycles. The van der Waals surface area contributed by atoms with E-state index in [0.717, 1.165) is 24.3 Å². The van der Waals surface area contributed by atoms with Gasteiger partial charge >= 0.3 is 0 Å². The van der Waals surface area contributed by atoms with Gasteiger partial charge in [-0.3, -0.25) is 4.72 Å². The van der Waals surface area contributed by atoms with Crippen LogP contribution in [-0.4, -0.2) is 18.1 Å². The number of aryl methyl sites for hydroxylation is 1. The van der Waals surface area contributed by atoms with Gasteiger partial charge in [0, 0.05) is 29.8 Å². The third kappa shape index (κ3) is 4.67. The molecule has 1 N–H and O–H groups in total. The van der Waals surface area contributed by atoms with Gasteiger partial charge in [-0.1, -0.05) is 11.2 Å². The summed E-state index contributed by atoms with van der Waals surface area (Å²) in [4.78, 5) is -0.542. The van der Waals surface area contributed by atoms with Crippen LogP contribution in [-0.2, 0) is 16.6 Å². The molecule has 0 aliphatic carbocycles. The molecule has 190 valence electrons. The fraction of sp³-hybridized carbons (Fsp3) is 0.0800.